The summed E-state index contributed by atoms with van der Waals surface area (Å²) in [6.45, 7) is 1.55. The standard InChI is InChI=1S/C16H21N3O2S2.H2/c1-23(20,21)14-6-4-12(5-7-14)15-10-17-11-16(19-15)18-9-13-3-2-8-22-13;/h4-7,10,13,17H,2-3,8-9,11H2,1H3,(H,18,19);1H/t13-;/m0./s1. The first-order valence-electron chi connectivity index (χ1n) is 7.68. The number of benzene rings is 1. The molecule has 1 saturated heterocycles. The first-order valence-corrected chi connectivity index (χ1v) is 10.6. The molecule has 0 amide bonds. The highest BCUT2D eigenvalue weighted by Crippen LogP contribution is 2.26. The summed E-state index contributed by atoms with van der Waals surface area (Å²) in [6, 6.07) is 6.89. The fourth-order valence-corrected chi connectivity index (χ4v) is 4.43. The van der Waals surface area contributed by atoms with Gasteiger partial charge in [0.15, 0.2) is 9.84 Å². The van der Waals surface area contributed by atoms with Crippen molar-refractivity contribution in [3.8, 4) is 0 Å². The van der Waals surface area contributed by atoms with Crippen LogP contribution in [0.3, 0.4) is 0 Å². The van der Waals surface area contributed by atoms with Crippen LogP contribution in [0.25, 0.3) is 5.70 Å². The summed E-state index contributed by atoms with van der Waals surface area (Å²) < 4.78 is 23.0. The molecule has 7 heteroatoms. The topological polar surface area (TPSA) is 70.6 Å². The van der Waals surface area contributed by atoms with E-state index >= 15 is 0 Å². The lowest BCUT2D eigenvalue weighted by Gasteiger charge is -2.20. The van der Waals surface area contributed by atoms with Gasteiger partial charge in [0.05, 0.1) is 23.7 Å². The van der Waals surface area contributed by atoms with Crippen LogP contribution in [0, 0.1) is 0 Å². The van der Waals surface area contributed by atoms with Gasteiger partial charge in [-0.1, -0.05) is 12.1 Å². The predicted octanol–water partition coefficient (Wildman–Crippen LogP) is 2.12. The highest BCUT2D eigenvalue weighted by atomic mass is 32.2. The number of thioether (sulfide) groups is 1. The summed E-state index contributed by atoms with van der Waals surface area (Å²) >= 11 is 2.01. The van der Waals surface area contributed by atoms with Gasteiger partial charge in [0, 0.05) is 19.1 Å². The van der Waals surface area contributed by atoms with Crippen LogP contribution in [0.1, 0.15) is 19.8 Å². The SMILES string of the molecule is CS(=O)(=O)c1ccc(C2=CNCC(=NC[C@@H]3CCCS3)N2)cc1.[HH]. The normalized spacial score (nSPS) is 23.3. The molecule has 0 radical (unpaired) electrons. The number of nitrogens with zero attached hydrogens (tertiary/aromatic N) is 1. The van der Waals surface area contributed by atoms with E-state index in [9.17, 15) is 8.42 Å². The minimum Gasteiger partial charge on any atom is -0.382 e. The Kier molecular flexibility index (Phi) is 4.96. The number of rotatable bonds is 4. The quantitative estimate of drug-likeness (QED) is 0.868. The number of aliphatic imine (C=N–C) groups is 1. The second-order valence-corrected chi connectivity index (χ2v) is 9.21. The summed E-state index contributed by atoms with van der Waals surface area (Å²) in [7, 11) is -3.16. The molecular formula is C16H23N3O2S2. The zero-order chi connectivity index (χ0) is 16.3. The largest absolute Gasteiger partial charge is 0.382 e. The smallest absolute Gasteiger partial charge is 0.175 e. The average molecular weight is 354 g/mol. The van der Waals surface area contributed by atoms with E-state index in [1.54, 1.807) is 12.1 Å². The van der Waals surface area contributed by atoms with Crippen molar-refractivity contribution >= 4 is 33.1 Å². The molecule has 0 unspecified atom stereocenters. The van der Waals surface area contributed by atoms with Crippen molar-refractivity contribution in [3.05, 3.63) is 36.0 Å². The molecule has 2 N–H and O–H groups in total. The zero-order valence-electron chi connectivity index (χ0n) is 13.1. The molecule has 0 saturated carbocycles. The lowest BCUT2D eigenvalue weighted by molar-refractivity contribution is 0.602. The Balaban J connectivity index is 0.00000208. The summed E-state index contributed by atoms with van der Waals surface area (Å²) in [5.74, 6) is 2.18. The highest BCUT2D eigenvalue weighted by molar-refractivity contribution is 8.00. The van der Waals surface area contributed by atoms with Gasteiger partial charge < -0.3 is 10.6 Å². The van der Waals surface area contributed by atoms with Gasteiger partial charge in [0.2, 0.25) is 0 Å². The second-order valence-electron chi connectivity index (χ2n) is 5.78. The van der Waals surface area contributed by atoms with Gasteiger partial charge in [-0.2, -0.15) is 11.8 Å². The zero-order valence-corrected chi connectivity index (χ0v) is 14.7. The van der Waals surface area contributed by atoms with Crippen LogP contribution in [-0.2, 0) is 9.84 Å². The third-order valence-electron chi connectivity index (χ3n) is 3.90. The van der Waals surface area contributed by atoms with Gasteiger partial charge in [-0.25, -0.2) is 8.42 Å². The van der Waals surface area contributed by atoms with Gasteiger partial charge in [-0.05, 0) is 36.3 Å². The van der Waals surface area contributed by atoms with Crippen molar-refractivity contribution in [2.24, 2.45) is 4.99 Å². The van der Waals surface area contributed by atoms with Gasteiger partial charge in [-0.15, -0.1) is 0 Å². The van der Waals surface area contributed by atoms with Crippen molar-refractivity contribution in [1.29, 1.82) is 0 Å². The van der Waals surface area contributed by atoms with E-state index in [1.165, 1.54) is 24.9 Å². The first-order chi connectivity index (χ1) is 11.0. The van der Waals surface area contributed by atoms with Crippen LogP contribution in [0.15, 0.2) is 40.4 Å². The number of sulfone groups is 1. The van der Waals surface area contributed by atoms with Crippen molar-refractivity contribution in [2.75, 3.05) is 25.1 Å². The number of nitrogens with one attached hydrogen (secondary N) is 2. The minimum absolute atomic E-state index is 0. The molecule has 2 aliphatic rings. The Morgan fingerprint density at radius 3 is 2.78 bits per heavy atom. The third-order valence-corrected chi connectivity index (χ3v) is 6.41. The molecular weight excluding hydrogens is 330 g/mol. The van der Waals surface area contributed by atoms with Crippen LogP contribution in [-0.4, -0.2) is 44.6 Å². The third kappa shape index (κ3) is 4.29. The summed E-state index contributed by atoms with van der Waals surface area (Å²) in [4.78, 5) is 5.01. The maximum Gasteiger partial charge on any atom is 0.175 e. The molecule has 0 spiro atoms. The maximum atomic E-state index is 11.5. The van der Waals surface area contributed by atoms with Gasteiger partial charge >= 0.3 is 0 Å². The molecule has 1 fully saturated rings. The molecule has 0 bridgehead atoms. The molecule has 23 heavy (non-hydrogen) atoms. The van der Waals surface area contributed by atoms with E-state index in [0.29, 0.717) is 16.7 Å². The lowest BCUT2D eigenvalue weighted by atomic mass is 10.1. The second kappa shape index (κ2) is 6.97. The first kappa shape index (κ1) is 16.4. The summed E-state index contributed by atoms with van der Waals surface area (Å²) in [6.07, 6.45) is 5.67. The van der Waals surface area contributed by atoms with E-state index in [1.807, 2.05) is 30.1 Å². The van der Waals surface area contributed by atoms with Gasteiger partial charge in [0.1, 0.15) is 5.84 Å². The molecule has 2 heterocycles. The van der Waals surface area contributed by atoms with Gasteiger partial charge in [0.25, 0.3) is 0 Å². The Hall–Kier alpha value is -1.47. The highest BCUT2D eigenvalue weighted by Gasteiger charge is 2.16. The van der Waals surface area contributed by atoms with Gasteiger partial charge in [-0.3, -0.25) is 4.99 Å². The number of hydrogen-bond acceptors (Lipinski definition) is 5. The molecule has 2 aliphatic heterocycles. The molecule has 3 rings (SSSR count). The van der Waals surface area contributed by atoms with Crippen LogP contribution in [0.4, 0.5) is 0 Å². The molecule has 1 aromatic rings. The molecule has 0 aromatic heterocycles. The fraction of sp³-hybridized carbons (Fsp3) is 0.438. The predicted molar refractivity (Wildman–Crippen MR) is 98.6 cm³/mol. The summed E-state index contributed by atoms with van der Waals surface area (Å²) in [5.41, 5.74) is 1.85. The fourth-order valence-electron chi connectivity index (χ4n) is 2.62. The number of amidine groups is 1. The average Bonchev–Trinajstić information content (AvgIpc) is 3.06. The van der Waals surface area contributed by atoms with E-state index in [-0.39, 0.29) is 1.43 Å². The van der Waals surface area contributed by atoms with Crippen molar-refractivity contribution < 1.29 is 9.84 Å². The van der Waals surface area contributed by atoms with Crippen LogP contribution in [0.5, 0.6) is 0 Å². The Labute approximate surface area is 143 Å². The van der Waals surface area contributed by atoms with E-state index in [0.717, 1.165) is 23.6 Å². The van der Waals surface area contributed by atoms with Crippen molar-refractivity contribution in [1.82, 2.24) is 10.6 Å². The van der Waals surface area contributed by atoms with E-state index in [2.05, 4.69) is 15.6 Å². The molecule has 126 valence electrons. The Morgan fingerprint density at radius 2 is 2.13 bits per heavy atom. The van der Waals surface area contributed by atoms with Crippen LogP contribution in [0.2, 0.25) is 0 Å². The maximum absolute atomic E-state index is 11.5. The molecule has 5 nitrogen and oxygen atoms in total. The van der Waals surface area contributed by atoms with Crippen LogP contribution < -0.4 is 10.6 Å². The lowest BCUT2D eigenvalue weighted by Crippen LogP contribution is -2.37. The monoisotopic (exact) mass is 353 g/mol. The minimum atomic E-state index is -3.16. The Bertz CT molecular complexity index is 724. The molecule has 1 atom stereocenters. The van der Waals surface area contributed by atoms with Crippen LogP contribution >= 0.6 is 11.8 Å². The number of hydrogen-bond donors (Lipinski definition) is 2. The Morgan fingerprint density at radius 1 is 1.35 bits per heavy atom. The summed E-state index contributed by atoms with van der Waals surface area (Å²) in [5, 5.41) is 7.21. The van der Waals surface area contributed by atoms with Crippen molar-refractivity contribution in [3.63, 3.8) is 0 Å². The molecule has 1 aromatic carbocycles. The molecule has 0 aliphatic carbocycles. The van der Waals surface area contributed by atoms with E-state index < -0.39 is 9.84 Å². The van der Waals surface area contributed by atoms with E-state index in [4.69, 9.17) is 0 Å². The van der Waals surface area contributed by atoms with Crippen molar-refractivity contribution in [2.45, 2.75) is 23.0 Å².